The second-order valence-corrected chi connectivity index (χ2v) is 8.45. The summed E-state index contributed by atoms with van der Waals surface area (Å²) in [6, 6.07) is 5.31. The van der Waals surface area contributed by atoms with E-state index in [1.807, 2.05) is 0 Å². The van der Waals surface area contributed by atoms with Gasteiger partial charge in [-0.25, -0.2) is 15.0 Å². The van der Waals surface area contributed by atoms with Gasteiger partial charge in [-0.15, -0.1) is 0 Å². The number of hydrogen-bond acceptors (Lipinski definition) is 8. The van der Waals surface area contributed by atoms with Crippen molar-refractivity contribution in [3.8, 4) is 39.8 Å². The largest absolute Gasteiger partial charge is 0.496 e. The second kappa shape index (κ2) is 9.34. The molecule has 13 heteroatoms. The Hall–Kier alpha value is -4.22. The van der Waals surface area contributed by atoms with Crippen LogP contribution in [0, 0.1) is 15.9 Å². The predicted octanol–water partition coefficient (Wildman–Crippen LogP) is 5.99. The van der Waals surface area contributed by atoms with Crippen LogP contribution in [0.15, 0.2) is 42.9 Å². The molecule has 2 aromatic carbocycles. The fourth-order valence-electron chi connectivity index (χ4n) is 4.03. The molecule has 0 N–H and O–H groups in total. The molecule has 0 aliphatic carbocycles. The maximum absolute atomic E-state index is 14.2. The molecule has 0 aliphatic heterocycles. The van der Waals surface area contributed by atoms with Crippen molar-refractivity contribution in [1.29, 1.82) is 0 Å². The molecule has 10 nitrogen and oxygen atoms in total. The molecule has 5 aromatic rings. The van der Waals surface area contributed by atoms with Crippen LogP contribution < -0.4 is 14.2 Å². The van der Waals surface area contributed by atoms with Crippen molar-refractivity contribution in [2.45, 2.75) is 0 Å². The number of nitro benzene ring substituents is 1. The molecule has 188 valence electrons. The van der Waals surface area contributed by atoms with Crippen LogP contribution in [0.5, 0.6) is 17.2 Å². The summed E-state index contributed by atoms with van der Waals surface area (Å²) in [7, 11) is 4.28. The van der Waals surface area contributed by atoms with E-state index in [1.54, 1.807) is 28.9 Å². The van der Waals surface area contributed by atoms with E-state index >= 15 is 0 Å². The summed E-state index contributed by atoms with van der Waals surface area (Å²) >= 11 is 13.3. The number of nitrogens with zero attached hydrogens (tertiary/aromatic N) is 5. The SMILES string of the molecule is COc1cc(F)c([N+](=O)[O-])cc1-c1ncc2cc(-c3c(Cl)c(OC)cc(OC)c3Cl)c3nccn3c2n1. The van der Waals surface area contributed by atoms with Crippen molar-refractivity contribution in [2.24, 2.45) is 0 Å². The molecule has 0 atom stereocenters. The van der Waals surface area contributed by atoms with Gasteiger partial charge in [0.15, 0.2) is 5.82 Å². The lowest BCUT2D eigenvalue weighted by Crippen LogP contribution is -2.01. The third-order valence-electron chi connectivity index (χ3n) is 5.76. The predicted molar refractivity (Wildman–Crippen MR) is 135 cm³/mol. The summed E-state index contributed by atoms with van der Waals surface area (Å²) in [5.74, 6) is -0.175. The Morgan fingerprint density at radius 2 is 1.59 bits per heavy atom. The molecular weight excluding hydrogens is 528 g/mol. The maximum atomic E-state index is 14.2. The molecule has 0 aliphatic rings. The van der Waals surface area contributed by atoms with E-state index in [9.17, 15) is 14.5 Å². The van der Waals surface area contributed by atoms with Crippen LogP contribution in [0.3, 0.4) is 0 Å². The van der Waals surface area contributed by atoms with Gasteiger partial charge in [0.25, 0.3) is 0 Å². The van der Waals surface area contributed by atoms with Crippen molar-refractivity contribution in [2.75, 3.05) is 21.3 Å². The van der Waals surface area contributed by atoms with Gasteiger partial charge in [0, 0.05) is 53.3 Å². The summed E-state index contributed by atoms with van der Waals surface area (Å²) in [4.78, 5) is 23.9. The van der Waals surface area contributed by atoms with E-state index in [2.05, 4.69) is 15.0 Å². The molecule has 37 heavy (non-hydrogen) atoms. The van der Waals surface area contributed by atoms with Gasteiger partial charge in [0.1, 0.15) is 28.5 Å². The van der Waals surface area contributed by atoms with E-state index in [0.29, 0.717) is 39.3 Å². The lowest BCUT2D eigenvalue weighted by molar-refractivity contribution is -0.387. The molecule has 0 saturated carbocycles. The van der Waals surface area contributed by atoms with Crippen molar-refractivity contribution in [3.05, 3.63) is 68.8 Å². The first-order valence-corrected chi connectivity index (χ1v) is 11.3. The lowest BCUT2D eigenvalue weighted by Gasteiger charge is -2.16. The zero-order valence-electron chi connectivity index (χ0n) is 19.5. The maximum Gasteiger partial charge on any atom is 0.305 e. The first-order valence-electron chi connectivity index (χ1n) is 10.5. The number of aromatic nitrogens is 4. The molecule has 3 aromatic heterocycles. The van der Waals surface area contributed by atoms with Crippen LogP contribution in [0.4, 0.5) is 10.1 Å². The fourth-order valence-corrected chi connectivity index (χ4v) is 4.74. The quantitative estimate of drug-likeness (QED) is 0.189. The van der Waals surface area contributed by atoms with Crippen LogP contribution in [0.1, 0.15) is 0 Å². The summed E-state index contributed by atoms with van der Waals surface area (Å²) in [5, 5.41) is 12.4. The molecule has 0 unspecified atom stereocenters. The average molecular weight is 544 g/mol. The Bertz CT molecular complexity index is 1700. The van der Waals surface area contributed by atoms with Gasteiger partial charge >= 0.3 is 5.69 Å². The highest BCUT2D eigenvalue weighted by Gasteiger charge is 2.24. The number of imidazole rings is 1. The van der Waals surface area contributed by atoms with Gasteiger partial charge in [-0.3, -0.25) is 14.5 Å². The highest BCUT2D eigenvalue weighted by Crippen LogP contribution is 2.47. The Morgan fingerprint density at radius 3 is 2.22 bits per heavy atom. The molecule has 0 amide bonds. The van der Waals surface area contributed by atoms with Crippen molar-refractivity contribution in [1.82, 2.24) is 19.4 Å². The lowest BCUT2D eigenvalue weighted by atomic mass is 10.0. The van der Waals surface area contributed by atoms with Crippen molar-refractivity contribution in [3.63, 3.8) is 0 Å². The topological polar surface area (TPSA) is 114 Å². The third kappa shape index (κ3) is 3.92. The summed E-state index contributed by atoms with van der Waals surface area (Å²) in [5.41, 5.74) is 1.33. The summed E-state index contributed by atoms with van der Waals surface area (Å²) in [6.45, 7) is 0. The van der Waals surface area contributed by atoms with E-state index in [-0.39, 0.29) is 27.2 Å². The first-order chi connectivity index (χ1) is 17.8. The highest BCUT2D eigenvalue weighted by molar-refractivity contribution is 6.41. The summed E-state index contributed by atoms with van der Waals surface area (Å²) < 4.78 is 31.9. The van der Waals surface area contributed by atoms with Crippen LogP contribution in [-0.2, 0) is 0 Å². The van der Waals surface area contributed by atoms with Crippen LogP contribution in [-0.4, -0.2) is 45.6 Å². The van der Waals surface area contributed by atoms with Crippen LogP contribution >= 0.6 is 23.2 Å². The number of hydrogen-bond donors (Lipinski definition) is 0. The number of pyridine rings is 1. The van der Waals surface area contributed by atoms with E-state index in [1.165, 1.54) is 27.5 Å². The first kappa shape index (κ1) is 24.5. The standard InChI is InChI=1S/C24H16Cl2FN5O5/c1-35-16-8-14(27)15(32(33)34)7-12(16)22-29-10-11-6-13(24-28-4-5-31(24)23(11)30-22)19-20(25)17(36-2)9-18(37-3)21(19)26/h4-10H,1-3H3. The third-order valence-corrected chi connectivity index (χ3v) is 6.51. The average Bonchev–Trinajstić information content (AvgIpc) is 3.39. The molecule has 3 heterocycles. The van der Waals surface area contributed by atoms with Gasteiger partial charge in [-0.2, -0.15) is 4.39 Å². The zero-order chi connectivity index (χ0) is 26.4. The number of rotatable bonds is 6. The normalized spacial score (nSPS) is 11.2. The Morgan fingerprint density at radius 1 is 0.919 bits per heavy atom. The van der Waals surface area contributed by atoms with Gasteiger partial charge in [0.05, 0.1) is 41.9 Å². The van der Waals surface area contributed by atoms with E-state index in [4.69, 9.17) is 37.4 Å². The molecule has 0 bridgehead atoms. The Labute approximate surface area is 218 Å². The van der Waals surface area contributed by atoms with Crippen LogP contribution in [0.2, 0.25) is 10.0 Å². The number of methoxy groups -OCH3 is 3. The number of nitro groups is 1. The highest BCUT2D eigenvalue weighted by atomic mass is 35.5. The summed E-state index contributed by atoms with van der Waals surface area (Å²) in [6.07, 6.45) is 4.78. The molecular formula is C24H16Cl2FN5O5. The molecule has 0 radical (unpaired) electrons. The number of fused-ring (bicyclic) bond motifs is 3. The minimum Gasteiger partial charge on any atom is -0.496 e. The molecule has 0 fully saturated rings. The van der Waals surface area contributed by atoms with E-state index < -0.39 is 16.4 Å². The Kier molecular flexibility index (Phi) is 6.18. The zero-order valence-corrected chi connectivity index (χ0v) is 21.0. The van der Waals surface area contributed by atoms with Gasteiger partial charge in [-0.05, 0) is 6.07 Å². The smallest absolute Gasteiger partial charge is 0.305 e. The van der Waals surface area contributed by atoms with E-state index in [0.717, 1.165) is 12.1 Å². The number of benzene rings is 2. The van der Waals surface area contributed by atoms with Gasteiger partial charge in [0.2, 0.25) is 5.82 Å². The van der Waals surface area contributed by atoms with Gasteiger partial charge < -0.3 is 14.2 Å². The van der Waals surface area contributed by atoms with Crippen molar-refractivity contribution >= 4 is 45.6 Å². The van der Waals surface area contributed by atoms with Crippen molar-refractivity contribution < 1.29 is 23.5 Å². The number of halogens is 3. The monoisotopic (exact) mass is 543 g/mol. The molecule has 0 saturated heterocycles. The van der Waals surface area contributed by atoms with Crippen LogP contribution in [0.25, 0.3) is 39.2 Å². The Balaban J connectivity index is 1.79. The minimum absolute atomic E-state index is 0.0444. The molecule has 0 spiro atoms. The second-order valence-electron chi connectivity index (χ2n) is 7.70. The number of ether oxygens (including phenoxy) is 3. The molecule has 5 rings (SSSR count). The fraction of sp³-hybridized carbons (Fsp3) is 0.125. The minimum atomic E-state index is -1.03. The van der Waals surface area contributed by atoms with Gasteiger partial charge in [-0.1, -0.05) is 23.2 Å².